The van der Waals surface area contributed by atoms with Gasteiger partial charge in [0.05, 0.1) is 6.61 Å². The van der Waals surface area contributed by atoms with Gasteiger partial charge in [-0.3, -0.25) is 0 Å². The monoisotopic (exact) mass is 236 g/mol. The maximum absolute atomic E-state index is 11.9. The highest BCUT2D eigenvalue weighted by Gasteiger charge is 2.40. The van der Waals surface area contributed by atoms with Crippen molar-refractivity contribution in [2.45, 2.75) is 18.5 Å². The van der Waals surface area contributed by atoms with Gasteiger partial charge in [0.15, 0.2) is 0 Å². The Morgan fingerprint density at radius 2 is 2.07 bits per heavy atom. The second-order valence-electron chi connectivity index (χ2n) is 3.34. The molecule has 0 spiro atoms. The first-order valence-electron chi connectivity index (χ1n) is 4.59. The van der Waals surface area contributed by atoms with E-state index >= 15 is 0 Å². The third-order valence-corrected chi connectivity index (χ3v) is 4.54. The summed E-state index contributed by atoms with van der Waals surface area (Å²) in [7, 11) is -0.950. The smallest absolute Gasteiger partial charge is 0.270 e. The van der Waals surface area contributed by atoms with Crippen LogP contribution >= 0.6 is 0 Å². The highest BCUT2D eigenvalue weighted by molar-refractivity contribution is 7.92. The summed E-state index contributed by atoms with van der Waals surface area (Å²) in [5, 5.41) is -1.61. The largest absolute Gasteiger partial charge is 0.497 e. The molecular weight excluding hydrogens is 220 g/mol. The van der Waals surface area contributed by atoms with Crippen molar-refractivity contribution in [1.29, 1.82) is 0 Å². The Morgan fingerprint density at radius 1 is 1.47 bits per heavy atom. The van der Waals surface area contributed by atoms with Gasteiger partial charge in [-0.15, -0.1) is 0 Å². The van der Waals surface area contributed by atoms with Crippen molar-refractivity contribution in [2.24, 2.45) is 0 Å². The number of hydrogen-bond acceptors (Lipinski definition) is 5. The fourth-order valence-electron chi connectivity index (χ4n) is 1.23. The fourth-order valence-corrected chi connectivity index (χ4v) is 2.57. The molecule has 0 aliphatic carbocycles. The van der Waals surface area contributed by atoms with E-state index in [9.17, 15) is 8.42 Å². The molecular formula is C9H16O5S. The van der Waals surface area contributed by atoms with Crippen molar-refractivity contribution in [3.63, 3.8) is 0 Å². The lowest BCUT2D eigenvalue weighted by molar-refractivity contribution is -0.127. The summed E-state index contributed by atoms with van der Waals surface area (Å²) in [5.74, 6) is 0.279. The van der Waals surface area contributed by atoms with Gasteiger partial charge in [-0.25, -0.2) is 8.42 Å². The molecule has 0 saturated heterocycles. The molecule has 0 bridgehead atoms. The van der Waals surface area contributed by atoms with Crippen LogP contribution in [-0.2, 0) is 24.0 Å². The lowest BCUT2D eigenvalue weighted by Crippen LogP contribution is -2.41. The number of hydrogen-bond donors (Lipinski definition) is 0. The topological polar surface area (TPSA) is 61.8 Å². The lowest BCUT2D eigenvalue weighted by atomic mass is 10.4. The van der Waals surface area contributed by atoms with E-state index in [0.29, 0.717) is 12.4 Å². The molecule has 6 heteroatoms. The Bertz CT molecular complexity index is 340. The maximum atomic E-state index is 11.9. The molecule has 0 fully saturated rings. The van der Waals surface area contributed by atoms with Gasteiger partial charge in [-0.2, -0.15) is 0 Å². The number of ether oxygens (including phenoxy) is 3. The van der Waals surface area contributed by atoms with E-state index < -0.39 is 15.0 Å². The average Bonchev–Trinajstić information content (AvgIpc) is 2.68. The van der Waals surface area contributed by atoms with Crippen LogP contribution in [0.3, 0.4) is 0 Å². The van der Waals surface area contributed by atoms with Gasteiger partial charge in [0.2, 0.25) is 9.84 Å². The Kier molecular flexibility index (Phi) is 3.75. The molecule has 0 aromatic heterocycles. The van der Waals surface area contributed by atoms with E-state index in [0.717, 1.165) is 6.42 Å². The fraction of sp³-hybridized carbons (Fsp3) is 0.778. The van der Waals surface area contributed by atoms with E-state index in [1.165, 1.54) is 21.1 Å². The van der Waals surface area contributed by atoms with Gasteiger partial charge in [-0.05, 0) is 6.08 Å². The van der Waals surface area contributed by atoms with Crippen molar-refractivity contribution in [2.75, 3.05) is 26.6 Å². The SMILES string of the molecule is COC(C)(OC)S(=O)(=O)CC1=CCCO1. The van der Waals surface area contributed by atoms with E-state index in [4.69, 9.17) is 14.2 Å². The summed E-state index contributed by atoms with van der Waals surface area (Å²) < 4.78 is 38.7. The summed E-state index contributed by atoms with van der Waals surface area (Å²) >= 11 is 0. The van der Waals surface area contributed by atoms with E-state index in [1.54, 1.807) is 6.08 Å². The molecule has 1 aliphatic rings. The molecule has 0 aromatic rings. The van der Waals surface area contributed by atoms with E-state index in [1.807, 2.05) is 0 Å². The zero-order valence-corrected chi connectivity index (χ0v) is 9.96. The van der Waals surface area contributed by atoms with Crippen LogP contribution in [0.15, 0.2) is 11.8 Å². The quantitative estimate of drug-likeness (QED) is 0.657. The standard InChI is InChI=1S/C9H16O5S/c1-9(12-2,13-3)15(10,11)7-8-5-4-6-14-8/h5H,4,6-7H2,1-3H3. The molecule has 0 N–H and O–H groups in total. The lowest BCUT2D eigenvalue weighted by Gasteiger charge is -2.25. The van der Waals surface area contributed by atoms with Gasteiger partial charge in [0.1, 0.15) is 11.5 Å². The zero-order valence-electron chi connectivity index (χ0n) is 9.15. The van der Waals surface area contributed by atoms with Crippen LogP contribution in [0.4, 0.5) is 0 Å². The normalized spacial score (nSPS) is 17.4. The van der Waals surface area contributed by atoms with Crippen LogP contribution in [0.5, 0.6) is 0 Å². The molecule has 88 valence electrons. The molecule has 15 heavy (non-hydrogen) atoms. The Labute approximate surface area is 89.9 Å². The van der Waals surface area contributed by atoms with Gasteiger partial charge in [0, 0.05) is 27.6 Å². The van der Waals surface area contributed by atoms with Crippen molar-refractivity contribution in [3.05, 3.63) is 11.8 Å². The van der Waals surface area contributed by atoms with Crippen molar-refractivity contribution >= 4 is 9.84 Å². The number of sulfone groups is 1. The Morgan fingerprint density at radius 3 is 2.47 bits per heavy atom. The van der Waals surface area contributed by atoms with Crippen LogP contribution in [0.2, 0.25) is 0 Å². The third-order valence-electron chi connectivity index (χ3n) is 2.42. The predicted molar refractivity (Wildman–Crippen MR) is 54.9 cm³/mol. The molecule has 1 aliphatic heterocycles. The zero-order chi connectivity index (χ0) is 11.5. The van der Waals surface area contributed by atoms with Crippen molar-refractivity contribution < 1.29 is 22.6 Å². The molecule has 0 aromatic carbocycles. The van der Waals surface area contributed by atoms with Crippen LogP contribution < -0.4 is 0 Å². The Balaban J connectivity index is 2.82. The molecule has 1 heterocycles. The summed E-state index contributed by atoms with van der Waals surface area (Å²) in [5.41, 5.74) is 0. The number of methoxy groups -OCH3 is 2. The first-order chi connectivity index (χ1) is 6.95. The van der Waals surface area contributed by atoms with Gasteiger partial charge < -0.3 is 14.2 Å². The summed E-state index contributed by atoms with van der Waals surface area (Å²) in [4.78, 5) is 0. The van der Waals surface area contributed by atoms with Gasteiger partial charge in [0.25, 0.3) is 5.12 Å². The summed E-state index contributed by atoms with van der Waals surface area (Å²) in [6.45, 7) is 1.92. The second kappa shape index (κ2) is 4.51. The van der Waals surface area contributed by atoms with E-state index in [2.05, 4.69) is 0 Å². The van der Waals surface area contributed by atoms with Crippen LogP contribution in [0.1, 0.15) is 13.3 Å². The minimum atomic E-state index is -3.54. The van der Waals surface area contributed by atoms with Gasteiger partial charge in [-0.1, -0.05) is 0 Å². The summed E-state index contributed by atoms with van der Waals surface area (Å²) in [6.07, 6.45) is 2.52. The molecule has 0 atom stereocenters. The minimum Gasteiger partial charge on any atom is -0.497 e. The summed E-state index contributed by atoms with van der Waals surface area (Å²) in [6, 6.07) is 0. The highest BCUT2D eigenvalue weighted by Crippen LogP contribution is 2.23. The molecule has 5 nitrogen and oxygen atoms in total. The number of rotatable bonds is 5. The predicted octanol–water partition coefficient (Wildman–Crippen LogP) is 0.672. The minimum absolute atomic E-state index is 0.189. The first kappa shape index (κ1) is 12.5. The molecule has 1 rings (SSSR count). The third kappa shape index (κ3) is 2.50. The maximum Gasteiger partial charge on any atom is 0.270 e. The second-order valence-corrected chi connectivity index (χ2v) is 5.60. The van der Waals surface area contributed by atoms with Crippen LogP contribution in [0, 0.1) is 0 Å². The van der Waals surface area contributed by atoms with Crippen LogP contribution in [-0.4, -0.2) is 40.1 Å². The molecule has 0 amide bonds. The van der Waals surface area contributed by atoms with E-state index in [-0.39, 0.29) is 5.75 Å². The Hall–Kier alpha value is -0.590. The van der Waals surface area contributed by atoms with Gasteiger partial charge >= 0.3 is 0 Å². The molecule has 0 radical (unpaired) electrons. The average molecular weight is 236 g/mol. The molecule has 0 unspecified atom stereocenters. The van der Waals surface area contributed by atoms with Crippen LogP contribution in [0.25, 0.3) is 0 Å². The van der Waals surface area contributed by atoms with Crippen molar-refractivity contribution in [1.82, 2.24) is 0 Å². The first-order valence-corrected chi connectivity index (χ1v) is 6.25. The molecule has 0 saturated carbocycles. The van der Waals surface area contributed by atoms with Crippen molar-refractivity contribution in [3.8, 4) is 0 Å². The highest BCUT2D eigenvalue weighted by atomic mass is 32.2.